The molecule has 6 heteroatoms. The first-order valence-corrected chi connectivity index (χ1v) is 5.26. The summed E-state index contributed by atoms with van der Waals surface area (Å²) >= 11 is 0. The Labute approximate surface area is 97.5 Å². The molecule has 1 heterocycles. The molecule has 0 saturated heterocycles. The van der Waals surface area contributed by atoms with Gasteiger partial charge in [0.05, 0.1) is 0 Å². The first-order valence-electron chi connectivity index (χ1n) is 5.26. The number of nitrogens with one attached hydrogen (secondary N) is 1. The minimum atomic E-state index is -0.576. The third-order valence-corrected chi connectivity index (χ3v) is 2.44. The zero-order chi connectivity index (χ0) is 12.3. The molecule has 0 unspecified atom stereocenters. The molecule has 1 aliphatic rings. The molecule has 92 valence electrons. The molecule has 1 aromatic rings. The second-order valence-electron chi connectivity index (χ2n) is 3.80. The Bertz CT molecular complexity index is 437. The van der Waals surface area contributed by atoms with E-state index in [-0.39, 0.29) is 12.1 Å². The highest BCUT2D eigenvalue weighted by Crippen LogP contribution is 2.09. The number of nitrogens with zero attached hydrogens (tertiary/aromatic N) is 1. The summed E-state index contributed by atoms with van der Waals surface area (Å²) in [6.07, 6.45) is 0. The van der Waals surface area contributed by atoms with Gasteiger partial charge in [-0.05, 0) is 6.07 Å². The fraction of sp³-hybridized carbons (Fsp3) is 0.364. The van der Waals surface area contributed by atoms with E-state index in [1.54, 1.807) is 0 Å². The van der Waals surface area contributed by atoms with Gasteiger partial charge in [-0.1, -0.05) is 6.07 Å². The number of aliphatic imine (C=N–C) groups is 1. The van der Waals surface area contributed by atoms with E-state index in [1.165, 1.54) is 12.1 Å². The first-order chi connectivity index (χ1) is 8.15. The lowest BCUT2D eigenvalue weighted by molar-refractivity contribution is 0.309. The molecule has 0 aromatic heterocycles. The molecular formula is C11H13F2N3O. The number of hydrogen-bond donors (Lipinski definition) is 2. The van der Waals surface area contributed by atoms with Crippen LogP contribution in [-0.2, 0) is 11.3 Å². The average molecular weight is 241 g/mol. The summed E-state index contributed by atoms with van der Waals surface area (Å²) in [4.78, 5) is 4.01. The monoisotopic (exact) mass is 241 g/mol. The molecule has 1 atom stereocenters. The Morgan fingerprint density at radius 2 is 2.29 bits per heavy atom. The second-order valence-corrected chi connectivity index (χ2v) is 3.80. The fourth-order valence-electron chi connectivity index (χ4n) is 1.58. The van der Waals surface area contributed by atoms with Crippen molar-refractivity contribution in [2.45, 2.75) is 12.6 Å². The lowest BCUT2D eigenvalue weighted by Gasteiger charge is -2.08. The van der Waals surface area contributed by atoms with Crippen molar-refractivity contribution in [2.24, 2.45) is 10.7 Å². The van der Waals surface area contributed by atoms with Crippen molar-refractivity contribution in [3.8, 4) is 0 Å². The van der Waals surface area contributed by atoms with E-state index in [0.717, 1.165) is 6.07 Å². The van der Waals surface area contributed by atoms with Gasteiger partial charge in [-0.3, -0.25) is 0 Å². The average Bonchev–Trinajstić information content (AvgIpc) is 2.68. The molecular weight excluding hydrogens is 228 g/mol. The topological polar surface area (TPSA) is 59.6 Å². The highest BCUT2D eigenvalue weighted by Gasteiger charge is 2.15. The van der Waals surface area contributed by atoms with Crippen LogP contribution in [0.5, 0.6) is 0 Å². The highest BCUT2D eigenvalue weighted by atomic mass is 19.1. The van der Waals surface area contributed by atoms with Gasteiger partial charge < -0.3 is 15.8 Å². The molecule has 1 aliphatic heterocycles. The number of amidine groups is 1. The first kappa shape index (κ1) is 11.8. The summed E-state index contributed by atoms with van der Waals surface area (Å²) in [7, 11) is 0. The number of nitrogens with two attached hydrogens (primary N) is 1. The zero-order valence-corrected chi connectivity index (χ0v) is 9.12. The zero-order valence-electron chi connectivity index (χ0n) is 9.12. The van der Waals surface area contributed by atoms with E-state index >= 15 is 0 Å². The van der Waals surface area contributed by atoms with Crippen LogP contribution in [0.2, 0.25) is 0 Å². The van der Waals surface area contributed by atoms with Crippen LogP contribution >= 0.6 is 0 Å². The molecule has 4 nitrogen and oxygen atoms in total. The molecule has 0 spiro atoms. The largest absolute Gasteiger partial charge is 0.463 e. The molecule has 0 radical (unpaired) electrons. The lowest BCUT2D eigenvalue weighted by Crippen LogP contribution is -2.26. The summed E-state index contributed by atoms with van der Waals surface area (Å²) in [5.41, 5.74) is 5.77. The Morgan fingerprint density at radius 1 is 1.47 bits per heavy atom. The predicted octanol–water partition coefficient (Wildman–Crippen LogP) is 0.768. The van der Waals surface area contributed by atoms with Crippen molar-refractivity contribution < 1.29 is 13.5 Å². The van der Waals surface area contributed by atoms with Crippen molar-refractivity contribution in [3.05, 3.63) is 35.4 Å². The highest BCUT2D eigenvalue weighted by molar-refractivity contribution is 5.73. The van der Waals surface area contributed by atoms with Gasteiger partial charge in [0.15, 0.2) is 0 Å². The van der Waals surface area contributed by atoms with E-state index in [1.807, 2.05) is 0 Å². The van der Waals surface area contributed by atoms with E-state index in [9.17, 15) is 8.78 Å². The quantitative estimate of drug-likeness (QED) is 0.818. The summed E-state index contributed by atoms with van der Waals surface area (Å²) in [5, 5.41) is 3.02. The molecule has 0 amide bonds. The van der Waals surface area contributed by atoms with Gasteiger partial charge in [-0.2, -0.15) is 0 Å². The SMILES string of the molecule is NC1=N[C@@H](CNCc2ccc(F)cc2F)CO1. The Balaban J connectivity index is 1.82. The van der Waals surface area contributed by atoms with Gasteiger partial charge in [0.2, 0.25) is 0 Å². The molecule has 0 bridgehead atoms. The Kier molecular flexibility index (Phi) is 3.53. The second kappa shape index (κ2) is 5.09. The van der Waals surface area contributed by atoms with Crippen LogP contribution < -0.4 is 11.1 Å². The van der Waals surface area contributed by atoms with Gasteiger partial charge in [0.25, 0.3) is 6.02 Å². The number of halogens is 2. The number of hydrogen-bond acceptors (Lipinski definition) is 4. The van der Waals surface area contributed by atoms with Gasteiger partial charge in [0, 0.05) is 24.7 Å². The Hall–Kier alpha value is -1.69. The fourth-order valence-corrected chi connectivity index (χ4v) is 1.58. The number of rotatable bonds is 4. The van der Waals surface area contributed by atoms with Crippen molar-refractivity contribution in [3.63, 3.8) is 0 Å². The van der Waals surface area contributed by atoms with E-state index < -0.39 is 11.6 Å². The van der Waals surface area contributed by atoms with Crippen molar-refractivity contribution in [2.75, 3.05) is 13.2 Å². The molecule has 3 N–H and O–H groups in total. The summed E-state index contributed by atoms with van der Waals surface area (Å²) in [5.74, 6) is -1.13. The molecule has 0 fully saturated rings. The van der Waals surface area contributed by atoms with Crippen LogP contribution in [0.4, 0.5) is 8.78 Å². The van der Waals surface area contributed by atoms with Gasteiger partial charge in [-0.15, -0.1) is 0 Å². The maximum Gasteiger partial charge on any atom is 0.282 e. The van der Waals surface area contributed by atoms with Crippen LogP contribution in [0.1, 0.15) is 5.56 Å². The number of ether oxygens (including phenoxy) is 1. The third kappa shape index (κ3) is 3.13. The van der Waals surface area contributed by atoms with E-state index in [0.29, 0.717) is 25.3 Å². The molecule has 1 aromatic carbocycles. The normalized spacial score (nSPS) is 18.9. The van der Waals surface area contributed by atoms with Gasteiger partial charge in [-0.25, -0.2) is 13.8 Å². The summed E-state index contributed by atoms with van der Waals surface area (Å²) in [6.45, 7) is 1.29. The molecule has 0 saturated carbocycles. The lowest BCUT2D eigenvalue weighted by atomic mass is 10.2. The van der Waals surface area contributed by atoms with Gasteiger partial charge >= 0.3 is 0 Å². The predicted molar refractivity (Wildman–Crippen MR) is 59.4 cm³/mol. The maximum absolute atomic E-state index is 13.3. The van der Waals surface area contributed by atoms with E-state index in [4.69, 9.17) is 10.5 Å². The molecule has 2 rings (SSSR count). The minimum Gasteiger partial charge on any atom is -0.463 e. The Morgan fingerprint density at radius 3 is 2.94 bits per heavy atom. The van der Waals surface area contributed by atoms with E-state index in [2.05, 4.69) is 10.3 Å². The third-order valence-electron chi connectivity index (χ3n) is 2.44. The van der Waals surface area contributed by atoms with Crippen LogP contribution in [0.3, 0.4) is 0 Å². The van der Waals surface area contributed by atoms with Crippen LogP contribution in [-0.4, -0.2) is 25.2 Å². The molecule has 17 heavy (non-hydrogen) atoms. The van der Waals surface area contributed by atoms with Crippen LogP contribution in [0, 0.1) is 11.6 Å². The van der Waals surface area contributed by atoms with Crippen molar-refractivity contribution in [1.29, 1.82) is 0 Å². The van der Waals surface area contributed by atoms with Crippen molar-refractivity contribution >= 4 is 6.02 Å². The smallest absolute Gasteiger partial charge is 0.282 e. The summed E-state index contributed by atoms with van der Waals surface area (Å²) < 4.78 is 30.9. The maximum atomic E-state index is 13.3. The standard InChI is InChI=1S/C11H13F2N3O/c12-8-2-1-7(10(13)3-8)4-15-5-9-6-17-11(14)16-9/h1-3,9,15H,4-6H2,(H2,14,16)/t9-/m0/s1. The summed E-state index contributed by atoms with van der Waals surface area (Å²) in [6, 6.07) is 3.66. The molecule has 0 aliphatic carbocycles. The number of benzene rings is 1. The van der Waals surface area contributed by atoms with Crippen LogP contribution in [0.25, 0.3) is 0 Å². The van der Waals surface area contributed by atoms with Crippen LogP contribution in [0.15, 0.2) is 23.2 Å². The minimum absolute atomic E-state index is 0.0430. The van der Waals surface area contributed by atoms with Crippen molar-refractivity contribution in [1.82, 2.24) is 5.32 Å². The van der Waals surface area contributed by atoms with Gasteiger partial charge in [0.1, 0.15) is 24.3 Å².